The third-order valence-electron chi connectivity index (χ3n) is 3.87. The third kappa shape index (κ3) is 2.62. The molecule has 0 saturated carbocycles. The van der Waals surface area contributed by atoms with Gasteiger partial charge < -0.3 is 0 Å². The van der Waals surface area contributed by atoms with Crippen LogP contribution in [0.15, 0.2) is 53.5 Å². The average molecular weight is 303 g/mol. The fourth-order valence-corrected chi connectivity index (χ4v) is 2.53. The summed E-state index contributed by atoms with van der Waals surface area (Å²) in [5.41, 5.74) is 2.71. The molecule has 0 radical (unpaired) electrons. The monoisotopic (exact) mass is 303 g/mol. The maximum atomic E-state index is 12.5. The van der Waals surface area contributed by atoms with E-state index >= 15 is 0 Å². The van der Waals surface area contributed by atoms with E-state index in [4.69, 9.17) is 0 Å². The highest BCUT2D eigenvalue weighted by Gasteiger charge is 2.16. The van der Waals surface area contributed by atoms with Gasteiger partial charge in [0, 0.05) is 11.8 Å². The molecule has 0 amide bonds. The highest BCUT2D eigenvalue weighted by atomic mass is 16.1. The van der Waals surface area contributed by atoms with E-state index in [0.717, 1.165) is 5.56 Å². The summed E-state index contributed by atoms with van der Waals surface area (Å²) in [7, 11) is 0. The minimum atomic E-state index is -0.340. The van der Waals surface area contributed by atoms with Gasteiger partial charge in [-0.1, -0.05) is 51.1 Å². The van der Waals surface area contributed by atoms with Gasteiger partial charge in [-0.2, -0.15) is 5.26 Å². The molecule has 0 aliphatic heterocycles. The molecule has 23 heavy (non-hydrogen) atoms. The van der Waals surface area contributed by atoms with Crippen molar-refractivity contribution >= 4 is 5.65 Å². The van der Waals surface area contributed by atoms with E-state index < -0.39 is 0 Å². The Morgan fingerprint density at radius 1 is 1.09 bits per heavy atom. The maximum absolute atomic E-state index is 12.5. The number of benzene rings is 1. The molecule has 4 heteroatoms. The number of aromatic nitrogens is 2. The zero-order valence-corrected chi connectivity index (χ0v) is 13.4. The molecule has 0 aliphatic rings. The number of rotatable bonds is 1. The minimum Gasteiger partial charge on any atom is -0.267 e. The van der Waals surface area contributed by atoms with E-state index in [2.05, 4.69) is 25.8 Å². The molecular weight excluding hydrogens is 286 g/mol. The van der Waals surface area contributed by atoms with Crippen molar-refractivity contribution in [3.05, 3.63) is 70.1 Å². The lowest BCUT2D eigenvalue weighted by Gasteiger charge is -2.19. The van der Waals surface area contributed by atoms with Crippen molar-refractivity contribution in [3.63, 3.8) is 0 Å². The van der Waals surface area contributed by atoms with Crippen LogP contribution in [-0.4, -0.2) is 9.38 Å². The molecule has 0 N–H and O–H groups in total. The molecule has 1 aromatic carbocycles. The molecule has 2 aromatic heterocycles. The summed E-state index contributed by atoms with van der Waals surface area (Å²) in [5.74, 6) is 0. The first-order chi connectivity index (χ1) is 10.9. The summed E-state index contributed by atoms with van der Waals surface area (Å²) in [6.07, 6.45) is 1.62. The minimum absolute atomic E-state index is 0.0486. The van der Waals surface area contributed by atoms with Crippen LogP contribution in [0.1, 0.15) is 31.9 Å². The van der Waals surface area contributed by atoms with Gasteiger partial charge in [-0.15, -0.1) is 0 Å². The summed E-state index contributed by atoms with van der Waals surface area (Å²) < 4.78 is 1.39. The smallest absolute Gasteiger partial charge is 0.267 e. The summed E-state index contributed by atoms with van der Waals surface area (Å²) in [6.45, 7) is 6.43. The normalized spacial score (nSPS) is 11.4. The SMILES string of the molecule is CC(C)(C)c1ccc(-c2nc3ccccn3c(=O)c2C#N)cc1. The van der Waals surface area contributed by atoms with Gasteiger partial charge in [-0.25, -0.2) is 4.98 Å². The van der Waals surface area contributed by atoms with Gasteiger partial charge in [0.25, 0.3) is 5.56 Å². The Morgan fingerprint density at radius 2 is 1.78 bits per heavy atom. The summed E-state index contributed by atoms with van der Waals surface area (Å²) in [4.78, 5) is 17.0. The molecular formula is C19H17N3O. The lowest BCUT2D eigenvalue weighted by atomic mass is 9.86. The van der Waals surface area contributed by atoms with Gasteiger partial charge in [0.05, 0.1) is 5.69 Å². The fourth-order valence-electron chi connectivity index (χ4n) is 2.53. The van der Waals surface area contributed by atoms with Crippen molar-refractivity contribution in [1.82, 2.24) is 9.38 Å². The quantitative estimate of drug-likeness (QED) is 0.691. The Morgan fingerprint density at radius 3 is 2.39 bits per heavy atom. The zero-order chi connectivity index (χ0) is 16.6. The van der Waals surface area contributed by atoms with Gasteiger partial charge in [-0.3, -0.25) is 9.20 Å². The molecule has 0 atom stereocenters. The second-order valence-electron chi connectivity index (χ2n) is 6.51. The highest BCUT2D eigenvalue weighted by molar-refractivity contribution is 5.68. The Balaban J connectivity index is 2.24. The standard InChI is InChI=1S/C19H17N3O/c1-19(2,3)14-9-7-13(8-10-14)17-15(12-20)18(23)22-11-5-4-6-16(22)21-17/h4-11H,1-3H3. The maximum Gasteiger partial charge on any atom is 0.276 e. The lowest BCUT2D eigenvalue weighted by Crippen LogP contribution is -2.19. The van der Waals surface area contributed by atoms with Gasteiger partial charge in [0.15, 0.2) is 0 Å². The lowest BCUT2D eigenvalue weighted by molar-refractivity contribution is 0.590. The fraction of sp³-hybridized carbons (Fsp3) is 0.211. The molecule has 0 bridgehead atoms. The highest BCUT2D eigenvalue weighted by Crippen LogP contribution is 2.26. The Labute approximate surface area is 134 Å². The van der Waals surface area contributed by atoms with E-state index in [1.54, 1.807) is 18.3 Å². The first kappa shape index (κ1) is 15.0. The summed E-state index contributed by atoms with van der Waals surface area (Å²) in [5, 5.41) is 9.40. The number of nitrogens with zero attached hydrogens (tertiary/aromatic N) is 3. The number of nitriles is 1. The van der Waals surface area contributed by atoms with Crippen molar-refractivity contribution in [3.8, 4) is 17.3 Å². The largest absolute Gasteiger partial charge is 0.276 e. The summed E-state index contributed by atoms with van der Waals surface area (Å²) >= 11 is 0. The number of hydrogen-bond acceptors (Lipinski definition) is 3. The third-order valence-corrected chi connectivity index (χ3v) is 3.87. The number of pyridine rings is 1. The number of hydrogen-bond donors (Lipinski definition) is 0. The van der Waals surface area contributed by atoms with E-state index in [0.29, 0.717) is 11.3 Å². The van der Waals surface area contributed by atoms with Crippen LogP contribution in [0.5, 0.6) is 0 Å². The van der Waals surface area contributed by atoms with Crippen molar-refractivity contribution in [2.75, 3.05) is 0 Å². The molecule has 2 heterocycles. The first-order valence-corrected chi connectivity index (χ1v) is 7.44. The second kappa shape index (κ2) is 5.36. The molecule has 0 spiro atoms. The van der Waals surface area contributed by atoms with Gasteiger partial charge in [0.2, 0.25) is 0 Å². The van der Waals surface area contributed by atoms with Crippen LogP contribution >= 0.6 is 0 Å². The van der Waals surface area contributed by atoms with Crippen LogP contribution in [0.3, 0.4) is 0 Å². The van der Waals surface area contributed by atoms with Gasteiger partial charge in [-0.05, 0) is 23.1 Å². The van der Waals surface area contributed by atoms with Crippen molar-refractivity contribution in [2.24, 2.45) is 0 Å². The van der Waals surface area contributed by atoms with Crippen molar-refractivity contribution < 1.29 is 0 Å². The zero-order valence-electron chi connectivity index (χ0n) is 13.4. The van der Waals surface area contributed by atoms with Crippen LogP contribution in [0.2, 0.25) is 0 Å². The number of fused-ring (bicyclic) bond motifs is 1. The Bertz CT molecular complexity index is 971. The molecule has 4 nitrogen and oxygen atoms in total. The Hall–Kier alpha value is -2.93. The van der Waals surface area contributed by atoms with E-state index in [1.807, 2.05) is 36.4 Å². The molecule has 0 fully saturated rings. The first-order valence-electron chi connectivity index (χ1n) is 7.44. The van der Waals surface area contributed by atoms with Crippen LogP contribution in [0.4, 0.5) is 0 Å². The molecule has 3 rings (SSSR count). The van der Waals surface area contributed by atoms with Crippen LogP contribution in [-0.2, 0) is 5.41 Å². The molecule has 0 aliphatic carbocycles. The second-order valence-corrected chi connectivity index (χ2v) is 6.51. The Kier molecular flexibility index (Phi) is 3.49. The van der Waals surface area contributed by atoms with Crippen LogP contribution in [0.25, 0.3) is 16.9 Å². The van der Waals surface area contributed by atoms with Crippen LogP contribution in [0, 0.1) is 11.3 Å². The summed E-state index contributed by atoms with van der Waals surface area (Å²) in [6, 6.07) is 15.2. The molecule has 0 saturated heterocycles. The van der Waals surface area contributed by atoms with E-state index in [1.165, 1.54) is 9.96 Å². The van der Waals surface area contributed by atoms with E-state index in [-0.39, 0.29) is 16.5 Å². The van der Waals surface area contributed by atoms with Crippen molar-refractivity contribution in [1.29, 1.82) is 5.26 Å². The molecule has 114 valence electrons. The van der Waals surface area contributed by atoms with Gasteiger partial charge in [0.1, 0.15) is 17.3 Å². The molecule has 3 aromatic rings. The molecule has 0 unspecified atom stereocenters. The van der Waals surface area contributed by atoms with Crippen molar-refractivity contribution in [2.45, 2.75) is 26.2 Å². The van der Waals surface area contributed by atoms with Crippen LogP contribution < -0.4 is 5.56 Å². The average Bonchev–Trinajstić information content (AvgIpc) is 2.54. The predicted octanol–water partition coefficient (Wildman–Crippen LogP) is 3.53. The van der Waals surface area contributed by atoms with Gasteiger partial charge >= 0.3 is 0 Å². The topological polar surface area (TPSA) is 58.2 Å². The predicted molar refractivity (Wildman–Crippen MR) is 90.3 cm³/mol. The van der Waals surface area contributed by atoms with E-state index in [9.17, 15) is 10.1 Å².